The summed E-state index contributed by atoms with van der Waals surface area (Å²) in [6, 6.07) is 5.63. The van der Waals surface area contributed by atoms with Crippen LogP contribution >= 0.6 is 0 Å². The number of hydrogen-bond acceptors (Lipinski definition) is 4. The Balaban J connectivity index is 1.99. The summed E-state index contributed by atoms with van der Waals surface area (Å²) in [6.07, 6.45) is 3.39. The van der Waals surface area contributed by atoms with Gasteiger partial charge in [0.15, 0.2) is 5.69 Å². The molecule has 2 aliphatic rings. The highest BCUT2D eigenvalue weighted by Crippen LogP contribution is 2.40. The number of carbonyl (C=O) groups excluding carboxylic acids is 2. The van der Waals surface area contributed by atoms with Crippen LogP contribution in [0.2, 0.25) is 0 Å². The molecule has 124 valence electrons. The Morgan fingerprint density at radius 2 is 2.25 bits per heavy atom. The van der Waals surface area contributed by atoms with Crippen molar-refractivity contribution in [3.63, 3.8) is 0 Å². The van der Waals surface area contributed by atoms with Gasteiger partial charge in [-0.05, 0) is 38.3 Å². The van der Waals surface area contributed by atoms with Crippen LogP contribution in [0.15, 0.2) is 24.5 Å². The van der Waals surface area contributed by atoms with E-state index in [2.05, 4.69) is 4.98 Å². The molecule has 0 saturated carbocycles. The molecule has 0 N–H and O–H groups in total. The second-order valence-corrected chi connectivity index (χ2v) is 6.19. The second kappa shape index (κ2) is 5.47. The van der Waals surface area contributed by atoms with Crippen LogP contribution in [0.4, 0.5) is 0 Å². The number of ether oxygens (including phenoxy) is 1. The van der Waals surface area contributed by atoms with Crippen LogP contribution in [-0.4, -0.2) is 39.5 Å². The summed E-state index contributed by atoms with van der Waals surface area (Å²) in [5.41, 5.74) is 3.49. The van der Waals surface area contributed by atoms with E-state index < -0.39 is 5.97 Å². The molecule has 3 heterocycles. The van der Waals surface area contributed by atoms with Crippen molar-refractivity contribution in [3.8, 4) is 5.69 Å². The quantitative estimate of drug-likeness (QED) is 0.796. The summed E-state index contributed by atoms with van der Waals surface area (Å²) in [5, 5.41) is 0. The van der Waals surface area contributed by atoms with E-state index in [0.29, 0.717) is 24.4 Å². The molecule has 0 bridgehead atoms. The molecule has 0 radical (unpaired) electrons. The molecule has 1 amide bonds. The van der Waals surface area contributed by atoms with Gasteiger partial charge in [0.2, 0.25) is 0 Å². The summed E-state index contributed by atoms with van der Waals surface area (Å²) in [7, 11) is 0. The van der Waals surface area contributed by atoms with Gasteiger partial charge in [-0.2, -0.15) is 0 Å². The van der Waals surface area contributed by atoms with Crippen molar-refractivity contribution in [1.29, 1.82) is 0 Å². The van der Waals surface area contributed by atoms with Gasteiger partial charge >= 0.3 is 5.97 Å². The number of amides is 1. The third-order valence-corrected chi connectivity index (χ3v) is 4.83. The molecule has 2 aliphatic heterocycles. The molecular formula is C18H19N3O3. The van der Waals surface area contributed by atoms with E-state index in [9.17, 15) is 9.59 Å². The van der Waals surface area contributed by atoms with Gasteiger partial charge in [0, 0.05) is 6.54 Å². The van der Waals surface area contributed by atoms with Gasteiger partial charge in [0.25, 0.3) is 5.91 Å². The molecular weight excluding hydrogens is 306 g/mol. The van der Waals surface area contributed by atoms with Crippen molar-refractivity contribution < 1.29 is 14.3 Å². The summed E-state index contributed by atoms with van der Waals surface area (Å²) in [4.78, 5) is 31.6. The number of hydrogen-bond donors (Lipinski definition) is 0. The lowest BCUT2D eigenvalue weighted by atomic mass is 10.1. The highest BCUT2D eigenvalue weighted by Gasteiger charge is 2.40. The fourth-order valence-electron chi connectivity index (χ4n) is 3.79. The lowest BCUT2D eigenvalue weighted by molar-refractivity contribution is 0.0513. The van der Waals surface area contributed by atoms with Crippen LogP contribution in [0.5, 0.6) is 0 Å². The molecule has 6 nitrogen and oxygen atoms in total. The van der Waals surface area contributed by atoms with Crippen molar-refractivity contribution >= 4 is 11.9 Å². The molecule has 1 aromatic carbocycles. The van der Waals surface area contributed by atoms with Gasteiger partial charge in [0.1, 0.15) is 6.33 Å². The lowest BCUT2D eigenvalue weighted by Gasteiger charge is -2.23. The molecule has 0 spiro atoms. The van der Waals surface area contributed by atoms with E-state index in [1.54, 1.807) is 13.3 Å². The third-order valence-electron chi connectivity index (χ3n) is 4.83. The summed E-state index contributed by atoms with van der Waals surface area (Å²) in [5.74, 6) is -0.397. The highest BCUT2D eigenvalue weighted by atomic mass is 16.5. The Hall–Kier alpha value is -2.63. The smallest absolute Gasteiger partial charge is 0.358 e. The first-order valence-electron chi connectivity index (χ1n) is 8.28. The fraction of sp³-hybridized carbons (Fsp3) is 0.389. The zero-order valence-corrected chi connectivity index (χ0v) is 13.8. The standard InChI is InChI=1S/C18H19N3O3/c1-3-24-18(23)15-16-13-8-5-9-20(13)17(22)14-11(2)6-4-7-12(14)21(16)10-19-15/h4,6-7,10,13H,3,5,8-9H2,1-2H3/t13-/m0/s1. The van der Waals surface area contributed by atoms with Gasteiger partial charge in [0.05, 0.1) is 29.6 Å². The van der Waals surface area contributed by atoms with Crippen LogP contribution < -0.4 is 0 Å². The average molecular weight is 325 g/mol. The van der Waals surface area contributed by atoms with Gasteiger partial charge in [-0.15, -0.1) is 0 Å². The Labute approximate surface area is 140 Å². The first kappa shape index (κ1) is 14.9. The van der Waals surface area contributed by atoms with E-state index in [4.69, 9.17) is 4.74 Å². The molecule has 6 heteroatoms. The predicted molar refractivity (Wildman–Crippen MR) is 87.3 cm³/mol. The minimum absolute atomic E-state index is 0.0316. The Kier molecular flexibility index (Phi) is 3.40. The molecule has 24 heavy (non-hydrogen) atoms. The highest BCUT2D eigenvalue weighted by molar-refractivity contribution is 6.01. The van der Waals surface area contributed by atoms with Gasteiger partial charge < -0.3 is 9.64 Å². The summed E-state index contributed by atoms with van der Waals surface area (Å²) in [6.45, 7) is 4.71. The Morgan fingerprint density at radius 3 is 3.04 bits per heavy atom. The number of carbonyl (C=O) groups is 2. The monoisotopic (exact) mass is 325 g/mol. The number of esters is 1. The molecule has 0 aliphatic carbocycles. The average Bonchev–Trinajstić information content (AvgIpc) is 3.18. The number of benzene rings is 1. The SMILES string of the molecule is CCOC(=O)c1ncn2c1[C@@H]1CCCN1C(=O)c1c(C)cccc1-2. The van der Waals surface area contributed by atoms with Crippen molar-refractivity contribution in [3.05, 3.63) is 47.0 Å². The minimum atomic E-state index is -0.429. The predicted octanol–water partition coefficient (Wildman–Crippen LogP) is 2.65. The fourth-order valence-corrected chi connectivity index (χ4v) is 3.79. The number of imidazole rings is 1. The zero-order chi connectivity index (χ0) is 16.8. The van der Waals surface area contributed by atoms with Crippen molar-refractivity contribution in [2.24, 2.45) is 0 Å². The van der Waals surface area contributed by atoms with E-state index in [0.717, 1.165) is 29.8 Å². The molecule has 4 rings (SSSR count). The Morgan fingerprint density at radius 1 is 1.42 bits per heavy atom. The number of nitrogens with zero attached hydrogens (tertiary/aromatic N) is 3. The molecule has 0 unspecified atom stereocenters. The normalized spacial score (nSPS) is 18.7. The van der Waals surface area contributed by atoms with Crippen LogP contribution in [0.3, 0.4) is 0 Å². The number of aryl methyl sites for hydroxylation is 1. The second-order valence-electron chi connectivity index (χ2n) is 6.19. The molecule has 1 atom stereocenters. The number of fused-ring (bicyclic) bond motifs is 5. The van der Waals surface area contributed by atoms with Gasteiger partial charge in [-0.25, -0.2) is 9.78 Å². The van der Waals surface area contributed by atoms with Crippen LogP contribution in [0.25, 0.3) is 5.69 Å². The third kappa shape index (κ3) is 1.99. The van der Waals surface area contributed by atoms with Crippen LogP contribution in [0.1, 0.15) is 57.9 Å². The van der Waals surface area contributed by atoms with E-state index in [1.807, 2.05) is 34.6 Å². The first-order valence-corrected chi connectivity index (χ1v) is 8.28. The van der Waals surface area contributed by atoms with E-state index in [1.165, 1.54) is 0 Å². The van der Waals surface area contributed by atoms with Crippen molar-refractivity contribution in [2.45, 2.75) is 32.7 Å². The lowest BCUT2D eigenvalue weighted by Crippen LogP contribution is -2.30. The zero-order valence-electron chi connectivity index (χ0n) is 13.8. The number of rotatable bonds is 2. The van der Waals surface area contributed by atoms with Gasteiger partial charge in [-0.3, -0.25) is 9.36 Å². The number of aromatic nitrogens is 2. The largest absolute Gasteiger partial charge is 0.461 e. The van der Waals surface area contributed by atoms with Crippen LogP contribution in [0, 0.1) is 6.92 Å². The molecule has 1 fully saturated rings. The first-order chi connectivity index (χ1) is 11.6. The summed E-state index contributed by atoms with van der Waals surface area (Å²) >= 11 is 0. The van der Waals surface area contributed by atoms with Crippen molar-refractivity contribution in [1.82, 2.24) is 14.5 Å². The molecule has 2 aromatic rings. The molecule has 1 saturated heterocycles. The molecule has 1 aromatic heterocycles. The van der Waals surface area contributed by atoms with Crippen LogP contribution in [-0.2, 0) is 4.74 Å². The summed E-state index contributed by atoms with van der Waals surface area (Å²) < 4.78 is 7.05. The topological polar surface area (TPSA) is 64.4 Å². The Bertz CT molecular complexity index is 840. The maximum atomic E-state index is 13.1. The van der Waals surface area contributed by atoms with E-state index in [-0.39, 0.29) is 11.9 Å². The minimum Gasteiger partial charge on any atom is -0.461 e. The maximum absolute atomic E-state index is 13.1. The van der Waals surface area contributed by atoms with Crippen molar-refractivity contribution in [2.75, 3.05) is 13.2 Å². The van der Waals surface area contributed by atoms with E-state index >= 15 is 0 Å². The maximum Gasteiger partial charge on any atom is 0.358 e. The van der Waals surface area contributed by atoms with Gasteiger partial charge in [-0.1, -0.05) is 12.1 Å².